The molecule has 0 spiro atoms. The van der Waals surface area contributed by atoms with Gasteiger partial charge in [-0.25, -0.2) is 4.39 Å². The van der Waals surface area contributed by atoms with Gasteiger partial charge in [-0.2, -0.15) is 0 Å². The summed E-state index contributed by atoms with van der Waals surface area (Å²) in [5.41, 5.74) is 1.29. The summed E-state index contributed by atoms with van der Waals surface area (Å²) in [5.74, 6) is 0.420. The predicted molar refractivity (Wildman–Crippen MR) is 68.1 cm³/mol. The van der Waals surface area contributed by atoms with Crippen LogP contribution in [0.4, 0.5) is 4.39 Å². The maximum Gasteiger partial charge on any atom is 0.146 e. The van der Waals surface area contributed by atoms with Crippen LogP contribution in [0.1, 0.15) is 17.3 Å². The average molecular weight is 246 g/mol. The number of hydrogen-bond acceptors (Lipinski definition) is 3. The van der Waals surface area contributed by atoms with Crippen LogP contribution in [-0.4, -0.2) is 19.1 Å². The van der Waals surface area contributed by atoms with Crippen molar-refractivity contribution in [2.24, 2.45) is 0 Å². The highest BCUT2D eigenvalue weighted by Gasteiger charge is 2.17. The molecule has 0 bridgehead atoms. The van der Waals surface area contributed by atoms with Crippen LogP contribution in [-0.2, 0) is 0 Å². The standard InChI is InChI=1S/C14H15FN2O/c1-16-13(14-12(15)7-4-8-17-14)10-5-3-6-11(9-10)18-2/h3-9,13,16H,1-2H3. The molecule has 1 heterocycles. The second-order valence-electron chi connectivity index (χ2n) is 3.87. The van der Waals surface area contributed by atoms with Gasteiger partial charge in [0.25, 0.3) is 0 Å². The van der Waals surface area contributed by atoms with E-state index in [0.29, 0.717) is 5.69 Å². The lowest BCUT2D eigenvalue weighted by Crippen LogP contribution is -2.20. The second kappa shape index (κ2) is 5.60. The number of nitrogens with zero attached hydrogens (tertiary/aromatic N) is 1. The van der Waals surface area contributed by atoms with Crippen LogP contribution in [0.15, 0.2) is 42.6 Å². The Morgan fingerprint density at radius 1 is 1.28 bits per heavy atom. The highest BCUT2D eigenvalue weighted by molar-refractivity contribution is 5.34. The lowest BCUT2D eigenvalue weighted by atomic mass is 10.0. The van der Waals surface area contributed by atoms with Gasteiger partial charge in [-0.3, -0.25) is 4.98 Å². The Morgan fingerprint density at radius 3 is 2.78 bits per heavy atom. The molecule has 0 saturated carbocycles. The van der Waals surface area contributed by atoms with Gasteiger partial charge in [0, 0.05) is 6.20 Å². The van der Waals surface area contributed by atoms with E-state index >= 15 is 0 Å². The Bertz CT molecular complexity index is 531. The number of hydrogen-bond donors (Lipinski definition) is 1. The molecular formula is C14H15FN2O. The number of methoxy groups -OCH3 is 1. The molecule has 0 aliphatic rings. The van der Waals surface area contributed by atoms with E-state index in [1.54, 1.807) is 26.4 Å². The zero-order valence-electron chi connectivity index (χ0n) is 10.4. The van der Waals surface area contributed by atoms with Crippen molar-refractivity contribution in [3.05, 3.63) is 59.7 Å². The number of nitrogens with one attached hydrogen (secondary N) is 1. The molecule has 4 heteroatoms. The molecule has 0 radical (unpaired) electrons. The summed E-state index contributed by atoms with van der Waals surface area (Å²) in [6.07, 6.45) is 1.59. The largest absolute Gasteiger partial charge is 0.497 e. The molecule has 18 heavy (non-hydrogen) atoms. The fourth-order valence-corrected chi connectivity index (χ4v) is 1.89. The van der Waals surface area contributed by atoms with E-state index in [4.69, 9.17) is 4.74 Å². The molecule has 0 amide bonds. The first-order chi connectivity index (χ1) is 8.76. The summed E-state index contributed by atoms with van der Waals surface area (Å²) in [4.78, 5) is 4.10. The minimum atomic E-state index is -0.320. The average Bonchev–Trinajstić information content (AvgIpc) is 2.42. The Balaban J connectivity index is 2.42. The second-order valence-corrected chi connectivity index (χ2v) is 3.87. The molecule has 0 fully saturated rings. The van der Waals surface area contributed by atoms with E-state index < -0.39 is 0 Å². The van der Waals surface area contributed by atoms with Gasteiger partial charge < -0.3 is 10.1 Å². The summed E-state index contributed by atoms with van der Waals surface area (Å²) < 4.78 is 18.9. The number of rotatable bonds is 4. The van der Waals surface area contributed by atoms with Crippen LogP contribution in [0.2, 0.25) is 0 Å². The van der Waals surface area contributed by atoms with Gasteiger partial charge in [0.15, 0.2) is 0 Å². The van der Waals surface area contributed by atoms with Gasteiger partial charge in [0.05, 0.1) is 18.8 Å². The van der Waals surface area contributed by atoms with Crippen molar-refractivity contribution in [2.75, 3.05) is 14.2 Å². The highest BCUT2D eigenvalue weighted by Crippen LogP contribution is 2.25. The molecule has 94 valence electrons. The van der Waals surface area contributed by atoms with E-state index in [9.17, 15) is 4.39 Å². The lowest BCUT2D eigenvalue weighted by Gasteiger charge is -2.17. The van der Waals surface area contributed by atoms with Crippen LogP contribution in [0, 0.1) is 5.82 Å². The van der Waals surface area contributed by atoms with Crippen molar-refractivity contribution in [3.8, 4) is 5.75 Å². The summed E-state index contributed by atoms with van der Waals surface area (Å²) in [6, 6.07) is 10.2. The minimum absolute atomic E-state index is 0.290. The summed E-state index contributed by atoms with van der Waals surface area (Å²) in [6.45, 7) is 0. The van der Waals surface area contributed by atoms with E-state index in [2.05, 4.69) is 10.3 Å². The third kappa shape index (κ3) is 2.49. The third-order valence-corrected chi connectivity index (χ3v) is 2.78. The molecule has 1 aromatic carbocycles. The van der Waals surface area contributed by atoms with Gasteiger partial charge in [-0.15, -0.1) is 0 Å². The summed E-state index contributed by atoms with van der Waals surface area (Å²) >= 11 is 0. The molecule has 2 aromatic rings. The van der Waals surface area contributed by atoms with E-state index in [1.165, 1.54) is 6.07 Å². The smallest absolute Gasteiger partial charge is 0.146 e. The number of halogens is 1. The van der Waals surface area contributed by atoms with Crippen LogP contribution >= 0.6 is 0 Å². The zero-order valence-corrected chi connectivity index (χ0v) is 10.4. The quantitative estimate of drug-likeness (QED) is 0.900. The van der Waals surface area contributed by atoms with E-state index in [-0.39, 0.29) is 11.9 Å². The van der Waals surface area contributed by atoms with E-state index in [1.807, 2.05) is 24.3 Å². The minimum Gasteiger partial charge on any atom is -0.497 e. The maximum absolute atomic E-state index is 13.8. The van der Waals surface area contributed by atoms with Gasteiger partial charge in [-0.05, 0) is 36.9 Å². The van der Waals surface area contributed by atoms with Crippen molar-refractivity contribution >= 4 is 0 Å². The fraction of sp³-hybridized carbons (Fsp3) is 0.214. The van der Waals surface area contributed by atoms with Gasteiger partial charge in [0.1, 0.15) is 11.6 Å². The predicted octanol–water partition coefficient (Wildman–Crippen LogP) is 2.54. The topological polar surface area (TPSA) is 34.1 Å². The van der Waals surface area contributed by atoms with Crippen molar-refractivity contribution in [1.29, 1.82) is 0 Å². The first-order valence-corrected chi connectivity index (χ1v) is 5.68. The number of benzene rings is 1. The first-order valence-electron chi connectivity index (χ1n) is 5.68. The van der Waals surface area contributed by atoms with Crippen molar-refractivity contribution < 1.29 is 9.13 Å². The Kier molecular flexibility index (Phi) is 3.89. The van der Waals surface area contributed by atoms with Crippen LogP contribution in [0.3, 0.4) is 0 Å². The molecule has 0 saturated heterocycles. The maximum atomic E-state index is 13.8. The molecule has 2 rings (SSSR count). The molecule has 1 N–H and O–H groups in total. The van der Waals surface area contributed by atoms with Gasteiger partial charge in [0.2, 0.25) is 0 Å². The Hall–Kier alpha value is -1.94. The normalized spacial score (nSPS) is 12.2. The fourth-order valence-electron chi connectivity index (χ4n) is 1.89. The molecule has 1 atom stereocenters. The Morgan fingerprint density at radius 2 is 2.11 bits per heavy atom. The zero-order chi connectivity index (χ0) is 13.0. The molecule has 3 nitrogen and oxygen atoms in total. The lowest BCUT2D eigenvalue weighted by molar-refractivity contribution is 0.413. The first kappa shape index (κ1) is 12.5. The van der Waals surface area contributed by atoms with Crippen LogP contribution in [0.25, 0.3) is 0 Å². The monoisotopic (exact) mass is 246 g/mol. The van der Waals surface area contributed by atoms with Crippen molar-refractivity contribution in [1.82, 2.24) is 10.3 Å². The van der Waals surface area contributed by atoms with Gasteiger partial charge >= 0.3 is 0 Å². The molecular weight excluding hydrogens is 231 g/mol. The molecule has 0 aliphatic heterocycles. The number of ether oxygens (including phenoxy) is 1. The van der Waals surface area contributed by atoms with Crippen LogP contribution < -0.4 is 10.1 Å². The SMILES string of the molecule is CNC(c1cccc(OC)c1)c1ncccc1F. The highest BCUT2D eigenvalue weighted by atomic mass is 19.1. The number of pyridine rings is 1. The number of aromatic nitrogens is 1. The Labute approximate surface area is 106 Å². The summed E-state index contributed by atoms with van der Waals surface area (Å²) in [7, 11) is 3.38. The van der Waals surface area contributed by atoms with Crippen molar-refractivity contribution in [3.63, 3.8) is 0 Å². The summed E-state index contributed by atoms with van der Waals surface area (Å²) in [5, 5.41) is 3.07. The van der Waals surface area contributed by atoms with Crippen molar-refractivity contribution in [2.45, 2.75) is 6.04 Å². The molecule has 0 aliphatic carbocycles. The molecule has 1 unspecified atom stereocenters. The third-order valence-electron chi connectivity index (χ3n) is 2.78. The van der Waals surface area contributed by atoms with Gasteiger partial charge in [-0.1, -0.05) is 12.1 Å². The van der Waals surface area contributed by atoms with Crippen LogP contribution in [0.5, 0.6) is 5.75 Å². The van der Waals surface area contributed by atoms with E-state index in [0.717, 1.165) is 11.3 Å². The molecule has 1 aromatic heterocycles.